The minimum atomic E-state index is -0.180. The van der Waals surface area contributed by atoms with Crippen LogP contribution in [0, 0.1) is 0 Å². The van der Waals surface area contributed by atoms with Crippen molar-refractivity contribution in [2.45, 2.75) is 39.2 Å². The smallest absolute Gasteiger partial charge is 0.234 e. The van der Waals surface area contributed by atoms with Crippen LogP contribution in [0.1, 0.15) is 33.1 Å². The summed E-state index contributed by atoms with van der Waals surface area (Å²) in [5, 5.41) is 2.81. The van der Waals surface area contributed by atoms with Gasteiger partial charge in [0, 0.05) is 19.0 Å². The summed E-state index contributed by atoms with van der Waals surface area (Å²) >= 11 is 0. The second kappa shape index (κ2) is 8.95. The van der Waals surface area contributed by atoms with E-state index in [1.807, 2.05) is 25.8 Å². The Kier molecular flexibility index (Phi) is 8.35. The Hall–Kier alpha value is -1.14. The third-order valence-corrected chi connectivity index (χ3v) is 2.67. The third kappa shape index (κ3) is 7.70. The Bertz CT molecular complexity index is 246. The monoisotopic (exact) mass is 244 g/mol. The molecule has 0 heterocycles. The largest absolute Gasteiger partial charge is 0.355 e. The van der Waals surface area contributed by atoms with Gasteiger partial charge in [0.05, 0.1) is 6.54 Å². The number of nitrogens with one attached hydrogen (secondary N) is 2. The second-order valence-electron chi connectivity index (χ2n) is 4.22. The molecule has 1 unspecified atom stereocenters. The minimum absolute atomic E-state index is 0.0180. The summed E-state index contributed by atoms with van der Waals surface area (Å²) in [5.74, 6) is 4.83. The van der Waals surface area contributed by atoms with Crippen LogP contribution in [0.2, 0.25) is 0 Å². The molecule has 0 aromatic rings. The van der Waals surface area contributed by atoms with E-state index in [2.05, 4.69) is 10.7 Å². The third-order valence-electron chi connectivity index (χ3n) is 2.67. The highest BCUT2D eigenvalue weighted by Gasteiger charge is 2.13. The second-order valence-corrected chi connectivity index (χ2v) is 4.22. The molecule has 0 saturated carbocycles. The first-order valence-electron chi connectivity index (χ1n) is 5.97. The van der Waals surface area contributed by atoms with Crippen LogP contribution in [0.25, 0.3) is 0 Å². The van der Waals surface area contributed by atoms with Crippen molar-refractivity contribution in [3.63, 3.8) is 0 Å². The van der Waals surface area contributed by atoms with Gasteiger partial charge in [-0.3, -0.25) is 19.9 Å². The van der Waals surface area contributed by atoms with Crippen molar-refractivity contribution in [3.8, 4) is 0 Å². The lowest BCUT2D eigenvalue weighted by molar-refractivity contribution is -0.122. The predicted octanol–water partition coefficient (Wildman–Crippen LogP) is -0.397. The van der Waals surface area contributed by atoms with Crippen molar-refractivity contribution >= 4 is 11.8 Å². The van der Waals surface area contributed by atoms with Crippen molar-refractivity contribution in [2.75, 3.05) is 20.1 Å². The molecule has 0 bridgehead atoms. The van der Waals surface area contributed by atoms with Gasteiger partial charge in [0.1, 0.15) is 0 Å². The molecule has 6 nitrogen and oxygen atoms in total. The lowest BCUT2D eigenvalue weighted by atomic mass is 10.1. The van der Waals surface area contributed by atoms with Gasteiger partial charge in [-0.2, -0.15) is 0 Å². The Balaban J connectivity index is 3.84. The van der Waals surface area contributed by atoms with Crippen LogP contribution < -0.4 is 16.6 Å². The maximum Gasteiger partial charge on any atom is 0.234 e. The molecule has 100 valence electrons. The SMILES string of the molecule is CCCNC(=O)CN(C)C(C)CCC(=O)NN. The lowest BCUT2D eigenvalue weighted by Gasteiger charge is -2.23. The molecule has 1 atom stereocenters. The molecule has 0 aliphatic rings. The highest BCUT2D eigenvalue weighted by molar-refractivity contribution is 5.78. The Morgan fingerprint density at radius 1 is 1.35 bits per heavy atom. The summed E-state index contributed by atoms with van der Waals surface area (Å²) in [4.78, 5) is 24.4. The number of nitrogens with two attached hydrogens (primary N) is 1. The first-order valence-corrected chi connectivity index (χ1v) is 5.97. The van der Waals surface area contributed by atoms with Gasteiger partial charge in [-0.1, -0.05) is 6.92 Å². The van der Waals surface area contributed by atoms with Crippen LogP contribution in [-0.2, 0) is 9.59 Å². The van der Waals surface area contributed by atoms with E-state index in [1.54, 1.807) is 0 Å². The molecule has 0 aliphatic heterocycles. The Labute approximate surface area is 103 Å². The average Bonchev–Trinajstić information content (AvgIpc) is 2.32. The first-order chi connectivity index (χ1) is 8.01. The molecule has 0 aromatic heterocycles. The number of hydrazine groups is 1. The van der Waals surface area contributed by atoms with Gasteiger partial charge in [-0.15, -0.1) is 0 Å². The van der Waals surface area contributed by atoms with Gasteiger partial charge in [-0.25, -0.2) is 5.84 Å². The molecular weight excluding hydrogens is 220 g/mol. The van der Waals surface area contributed by atoms with Gasteiger partial charge < -0.3 is 5.32 Å². The number of hydrogen-bond acceptors (Lipinski definition) is 4. The molecule has 0 spiro atoms. The fraction of sp³-hybridized carbons (Fsp3) is 0.818. The number of nitrogens with zero attached hydrogens (tertiary/aromatic N) is 1. The quantitative estimate of drug-likeness (QED) is 0.308. The molecule has 0 aliphatic carbocycles. The van der Waals surface area contributed by atoms with E-state index in [0.29, 0.717) is 25.9 Å². The van der Waals surface area contributed by atoms with Gasteiger partial charge in [0.25, 0.3) is 0 Å². The van der Waals surface area contributed by atoms with E-state index in [1.165, 1.54) is 0 Å². The number of rotatable bonds is 8. The maximum absolute atomic E-state index is 11.5. The van der Waals surface area contributed by atoms with Gasteiger partial charge in [0.15, 0.2) is 0 Å². The summed E-state index contributed by atoms with van der Waals surface area (Å²) in [6.45, 7) is 5.05. The zero-order valence-electron chi connectivity index (χ0n) is 11.0. The van der Waals surface area contributed by atoms with Crippen molar-refractivity contribution in [1.82, 2.24) is 15.6 Å². The first kappa shape index (κ1) is 15.9. The number of carbonyl (C=O) groups is 2. The molecule has 2 amide bonds. The molecule has 0 fully saturated rings. The minimum Gasteiger partial charge on any atom is -0.355 e. The van der Waals surface area contributed by atoms with E-state index in [4.69, 9.17) is 5.84 Å². The van der Waals surface area contributed by atoms with Crippen LogP contribution in [0.5, 0.6) is 0 Å². The molecule has 0 aromatic carbocycles. The summed E-state index contributed by atoms with van der Waals surface area (Å²) in [6, 6.07) is 0.166. The fourth-order valence-corrected chi connectivity index (χ4v) is 1.34. The summed E-state index contributed by atoms with van der Waals surface area (Å²) in [5.41, 5.74) is 2.09. The molecule has 4 N–H and O–H groups in total. The zero-order valence-corrected chi connectivity index (χ0v) is 11.0. The van der Waals surface area contributed by atoms with Crippen LogP contribution >= 0.6 is 0 Å². The molecule has 0 rings (SSSR count). The topological polar surface area (TPSA) is 87.5 Å². The van der Waals surface area contributed by atoms with Crippen LogP contribution in [0.15, 0.2) is 0 Å². The molecule has 0 saturated heterocycles. The van der Waals surface area contributed by atoms with Crippen molar-refractivity contribution < 1.29 is 9.59 Å². The van der Waals surface area contributed by atoms with E-state index >= 15 is 0 Å². The summed E-state index contributed by atoms with van der Waals surface area (Å²) in [7, 11) is 1.87. The Morgan fingerprint density at radius 3 is 2.53 bits per heavy atom. The van der Waals surface area contributed by atoms with Crippen LogP contribution in [0.3, 0.4) is 0 Å². The summed E-state index contributed by atoms with van der Waals surface area (Å²) < 4.78 is 0. The van der Waals surface area contributed by atoms with Crippen molar-refractivity contribution in [1.29, 1.82) is 0 Å². The van der Waals surface area contributed by atoms with E-state index in [9.17, 15) is 9.59 Å². The predicted molar refractivity (Wildman–Crippen MR) is 67.0 cm³/mol. The average molecular weight is 244 g/mol. The lowest BCUT2D eigenvalue weighted by Crippen LogP contribution is -2.40. The Morgan fingerprint density at radius 2 is 2.00 bits per heavy atom. The van der Waals surface area contributed by atoms with E-state index in [0.717, 1.165) is 6.42 Å². The number of hydrogen-bond donors (Lipinski definition) is 3. The van der Waals surface area contributed by atoms with Gasteiger partial charge >= 0.3 is 0 Å². The molecule has 6 heteroatoms. The van der Waals surface area contributed by atoms with E-state index in [-0.39, 0.29) is 17.9 Å². The van der Waals surface area contributed by atoms with Crippen molar-refractivity contribution in [3.05, 3.63) is 0 Å². The highest BCUT2D eigenvalue weighted by Crippen LogP contribution is 2.03. The summed E-state index contributed by atoms with van der Waals surface area (Å²) in [6.07, 6.45) is 1.99. The van der Waals surface area contributed by atoms with Crippen LogP contribution in [-0.4, -0.2) is 42.9 Å². The van der Waals surface area contributed by atoms with Gasteiger partial charge in [0.2, 0.25) is 11.8 Å². The fourth-order valence-electron chi connectivity index (χ4n) is 1.34. The zero-order chi connectivity index (χ0) is 13.3. The van der Waals surface area contributed by atoms with Crippen molar-refractivity contribution in [2.24, 2.45) is 5.84 Å². The highest BCUT2D eigenvalue weighted by atomic mass is 16.2. The maximum atomic E-state index is 11.5. The molecule has 17 heavy (non-hydrogen) atoms. The van der Waals surface area contributed by atoms with Crippen LogP contribution in [0.4, 0.5) is 0 Å². The van der Waals surface area contributed by atoms with Gasteiger partial charge in [-0.05, 0) is 26.8 Å². The standard InChI is InChI=1S/C11H24N4O2/c1-4-7-13-11(17)8-15(3)9(2)5-6-10(16)14-12/h9H,4-8,12H2,1-3H3,(H,13,17)(H,14,16). The normalized spacial score (nSPS) is 12.3. The molecule has 0 radical (unpaired) electrons. The number of likely N-dealkylation sites (N-methyl/N-ethyl adjacent to an activating group) is 1. The number of carbonyl (C=O) groups excluding carboxylic acids is 2. The molecular formula is C11H24N4O2. The van der Waals surface area contributed by atoms with E-state index < -0.39 is 0 Å². The number of amides is 2.